The molecule has 0 amide bonds. The fraction of sp³-hybridized carbons (Fsp3) is 0.692. The van der Waals surface area contributed by atoms with Crippen LogP contribution < -0.4 is 4.90 Å². The van der Waals surface area contributed by atoms with Crippen LogP contribution in [-0.4, -0.2) is 48.1 Å². The second-order valence-electron chi connectivity index (χ2n) is 5.27. The molecule has 18 heavy (non-hydrogen) atoms. The van der Waals surface area contributed by atoms with E-state index in [9.17, 15) is 0 Å². The molecule has 1 aliphatic rings. The van der Waals surface area contributed by atoms with Gasteiger partial charge in [-0.15, -0.1) is 0 Å². The van der Waals surface area contributed by atoms with Crippen molar-refractivity contribution in [2.45, 2.75) is 26.7 Å². The molecule has 1 aromatic heterocycles. The molecule has 0 aliphatic carbocycles. The molecule has 0 unspecified atom stereocenters. The zero-order valence-corrected chi connectivity index (χ0v) is 12.3. The summed E-state index contributed by atoms with van der Waals surface area (Å²) < 4.78 is 0. The number of hydrogen-bond acceptors (Lipinski definition) is 4. The molecule has 1 saturated heterocycles. The van der Waals surface area contributed by atoms with Crippen LogP contribution in [0.3, 0.4) is 0 Å². The number of anilines is 1. The van der Waals surface area contributed by atoms with Gasteiger partial charge in [-0.2, -0.15) is 0 Å². The summed E-state index contributed by atoms with van der Waals surface area (Å²) in [7, 11) is 2.15. The Kier molecular flexibility index (Phi) is 4.07. The van der Waals surface area contributed by atoms with Gasteiger partial charge in [0, 0.05) is 37.7 Å². The van der Waals surface area contributed by atoms with E-state index in [0.717, 1.165) is 43.4 Å². The Morgan fingerprint density at radius 2 is 1.72 bits per heavy atom. The third kappa shape index (κ3) is 2.75. The number of aromatic nitrogens is 2. The molecule has 4 nitrogen and oxygen atoms in total. The molecule has 0 atom stereocenters. The number of hydrogen-bond donors (Lipinski definition) is 0. The van der Waals surface area contributed by atoms with Crippen LogP contribution in [-0.2, 0) is 0 Å². The molecule has 0 N–H and O–H groups in total. The van der Waals surface area contributed by atoms with Crippen molar-refractivity contribution in [2.75, 3.05) is 38.1 Å². The lowest BCUT2D eigenvalue weighted by atomic mass is 10.2. The first-order chi connectivity index (χ1) is 8.49. The van der Waals surface area contributed by atoms with Gasteiger partial charge in [0.1, 0.15) is 16.8 Å². The highest BCUT2D eigenvalue weighted by Gasteiger charge is 2.20. The van der Waals surface area contributed by atoms with Crippen molar-refractivity contribution in [2.24, 2.45) is 0 Å². The minimum atomic E-state index is 0.300. The van der Waals surface area contributed by atoms with Gasteiger partial charge in [0.2, 0.25) is 0 Å². The van der Waals surface area contributed by atoms with Crippen LogP contribution in [0.4, 0.5) is 5.82 Å². The molecule has 0 saturated carbocycles. The van der Waals surface area contributed by atoms with Gasteiger partial charge in [-0.3, -0.25) is 0 Å². The van der Waals surface area contributed by atoms with Gasteiger partial charge in [0.15, 0.2) is 0 Å². The van der Waals surface area contributed by atoms with E-state index in [0.29, 0.717) is 11.1 Å². The van der Waals surface area contributed by atoms with Crippen molar-refractivity contribution >= 4 is 17.4 Å². The Morgan fingerprint density at radius 1 is 1.11 bits per heavy atom. The second kappa shape index (κ2) is 5.41. The summed E-state index contributed by atoms with van der Waals surface area (Å²) in [6.07, 6.45) is 0. The lowest BCUT2D eigenvalue weighted by Gasteiger charge is -2.34. The Balaban J connectivity index is 2.31. The minimum absolute atomic E-state index is 0.300. The van der Waals surface area contributed by atoms with Gasteiger partial charge in [-0.25, -0.2) is 9.97 Å². The molecule has 0 bridgehead atoms. The number of piperazine rings is 1. The third-order valence-corrected chi connectivity index (χ3v) is 3.77. The molecular formula is C13H21ClN4. The first-order valence-corrected chi connectivity index (χ1v) is 6.84. The van der Waals surface area contributed by atoms with Crippen LogP contribution in [0.2, 0.25) is 5.15 Å². The van der Waals surface area contributed by atoms with E-state index in [1.54, 1.807) is 0 Å². The van der Waals surface area contributed by atoms with Gasteiger partial charge < -0.3 is 9.80 Å². The maximum absolute atomic E-state index is 6.22. The number of halogens is 1. The van der Waals surface area contributed by atoms with E-state index < -0.39 is 0 Å². The predicted molar refractivity (Wildman–Crippen MR) is 75.6 cm³/mol. The average molecular weight is 269 g/mol. The maximum Gasteiger partial charge on any atom is 0.137 e. The third-order valence-electron chi connectivity index (χ3n) is 3.40. The van der Waals surface area contributed by atoms with Crippen molar-refractivity contribution in [1.29, 1.82) is 0 Å². The smallest absolute Gasteiger partial charge is 0.137 e. The molecule has 1 aliphatic heterocycles. The zero-order chi connectivity index (χ0) is 13.3. The molecule has 0 radical (unpaired) electrons. The van der Waals surface area contributed by atoms with Gasteiger partial charge in [0.05, 0.1) is 0 Å². The van der Waals surface area contributed by atoms with Crippen LogP contribution >= 0.6 is 11.6 Å². The molecule has 2 heterocycles. The highest BCUT2D eigenvalue weighted by Crippen LogP contribution is 2.26. The Labute approximate surface area is 114 Å². The van der Waals surface area contributed by atoms with Crippen molar-refractivity contribution in [3.63, 3.8) is 0 Å². The number of rotatable bonds is 2. The number of nitrogens with zero attached hydrogens (tertiary/aromatic N) is 4. The summed E-state index contributed by atoms with van der Waals surface area (Å²) in [6.45, 7) is 10.3. The summed E-state index contributed by atoms with van der Waals surface area (Å²) in [6, 6.07) is 0. The maximum atomic E-state index is 6.22. The first kappa shape index (κ1) is 13.6. The van der Waals surface area contributed by atoms with E-state index >= 15 is 0 Å². The number of likely N-dealkylation sites (N-methyl/N-ethyl adjacent to an activating group) is 1. The quantitative estimate of drug-likeness (QED) is 0.771. The summed E-state index contributed by atoms with van der Waals surface area (Å²) in [5.74, 6) is 2.14. The fourth-order valence-electron chi connectivity index (χ4n) is 2.08. The predicted octanol–water partition coefficient (Wildman–Crippen LogP) is 2.31. The molecule has 2 rings (SSSR count). The molecule has 5 heteroatoms. The fourth-order valence-corrected chi connectivity index (χ4v) is 2.25. The topological polar surface area (TPSA) is 32.3 Å². The standard InChI is InChI=1S/C13H21ClN4/c1-9(2)12-15-11(14)10(3)13(16-12)18-7-5-17(4)6-8-18/h9H,5-8H2,1-4H3. The average Bonchev–Trinajstić information content (AvgIpc) is 2.33. The monoisotopic (exact) mass is 268 g/mol. The Bertz CT molecular complexity index is 425. The van der Waals surface area contributed by atoms with Gasteiger partial charge in [-0.1, -0.05) is 25.4 Å². The lowest BCUT2D eigenvalue weighted by Crippen LogP contribution is -2.45. The highest BCUT2D eigenvalue weighted by molar-refractivity contribution is 6.30. The molecule has 1 fully saturated rings. The Morgan fingerprint density at radius 3 is 2.28 bits per heavy atom. The van der Waals surface area contributed by atoms with Crippen LogP contribution in [0, 0.1) is 6.92 Å². The van der Waals surface area contributed by atoms with E-state index in [1.807, 2.05) is 6.92 Å². The van der Waals surface area contributed by atoms with Crippen LogP contribution in [0.25, 0.3) is 0 Å². The summed E-state index contributed by atoms with van der Waals surface area (Å²) in [5.41, 5.74) is 0.991. The van der Waals surface area contributed by atoms with E-state index in [-0.39, 0.29) is 0 Å². The largest absolute Gasteiger partial charge is 0.354 e. The molecule has 100 valence electrons. The van der Waals surface area contributed by atoms with Gasteiger partial charge in [-0.05, 0) is 14.0 Å². The molecular weight excluding hydrogens is 248 g/mol. The van der Waals surface area contributed by atoms with Gasteiger partial charge in [0.25, 0.3) is 0 Å². The summed E-state index contributed by atoms with van der Waals surface area (Å²) in [4.78, 5) is 13.7. The first-order valence-electron chi connectivity index (χ1n) is 6.46. The second-order valence-corrected chi connectivity index (χ2v) is 5.62. The summed E-state index contributed by atoms with van der Waals surface area (Å²) in [5, 5.41) is 0.586. The Hall–Kier alpha value is -0.870. The van der Waals surface area contributed by atoms with Crippen LogP contribution in [0.15, 0.2) is 0 Å². The van der Waals surface area contributed by atoms with Gasteiger partial charge >= 0.3 is 0 Å². The molecule has 1 aromatic rings. The molecule has 0 spiro atoms. The zero-order valence-electron chi connectivity index (χ0n) is 11.6. The minimum Gasteiger partial charge on any atom is -0.354 e. The normalized spacial score (nSPS) is 17.6. The van der Waals surface area contributed by atoms with Crippen LogP contribution in [0.5, 0.6) is 0 Å². The van der Waals surface area contributed by atoms with Crippen molar-refractivity contribution in [3.8, 4) is 0 Å². The van der Waals surface area contributed by atoms with Crippen LogP contribution in [0.1, 0.15) is 31.2 Å². The van der Waals surface area contributed by atoms with E-state index in [4.69, 9.17) is 16.6 Å². The SMILES string of the molecule is Cc1c(Cl)nc(C(C)C)nc1N1CCN(C)CC1. The van der Waals surface area contributed by atoms with E-state index in [2.05, 4.69) is 35.7 Å². The van der Waals surface area contributed by atoms with E-state index in [1.165, 1.54) is 0 Å². The molecule has 0 aromatic carbocycles. The summed E-state index contributed by atoms with van der Waals surface area (Å²) >= 11 is 6.22. The van der Waals surface area contributed by atoms with Crippen molar-refractivity contribution in [1.82, 2.24) is 14.9 Å². The highest BCUT2D eigenvalue weighted by atomic mass is 35.5. The van der Waals surface area contributed by atoms with Crippen molar-refractivity contribution < 1.29 is 0 Å². The lowest BCUT2D eigenvalue weighted by molar-refractivity contribution is 0.311. The van der Waals surface area contributed by atoms with Crippen molar-refractivity contribution in [3.05, 3.63) is 16.5 Å².